The molecule has 1 N–H and O–H groups in total. The fourth-order valence-corrected chi connectivity index (χ4v) is 1.54. The number of hydrogen-bond acceptors (Lipinski definition) is 5. The molecule has 0 aliphatic carbocycles. The SMILES string of the molecule is CCNc1ccc(-c2cccc([N+](=O)[O-])c2)nn1. The number of hydrogen-bond donors (Lipinski definition) is 1. The summed E-state index contributed by atoms with van der Waals surface area (Å²) in [6.45, 7) is 2.74. The number of aromatic nitrogens is 2. The van der Waals surface area contributed by atoms with Crippen LogP contribution in [-0.4, -0.2) is 21.7 Å². The summed E-state index contributed by atoms with van der Waals surface area (Å²) in [5.41, 5.74) is 1.34. The number of anilines is 1. The Morgan fingerprint density at radius 2 is 2.11 bits per heavy atom. The lowest BCUT2D eigenvalue weighted by Crippen LogP contribution is -2.00. The summed E-state index contributed by atoms with van der Waals surface area (Å²) >= 11 is 0. The fraction of sp³-hybridized carbons (Fsp3) is 0.167. The minimum Gasteiger partial charge on any atom is -0.369 e. The van der Waals surface area contributed by atoms with Gasteiger partial charge < -0.3 is 5.32 Å². The number of non-ortho nitro benzene ring substituents is 1. The Labute approximate surface area is 104 Å². The molecule has 0 amide bonds. The predicted octanol–water partition coefficient (Wildman–Crippen LogP) is 2.48. The third-order valence-corrected chi connectivity index (χ3v) is 2.38. The average Bonchev–Trinajstić information content (AvgIpc) is 2.40. The minimum absolute atomic E-state index is 0.0464. The first kappa shape index (κ1) is 12.0. The van der Waals surface area contributed by atoms with Gasteiger partial charge in [-0.25, -0.2) is 0 Å². The van der Waals surface area contributed by atoms with E-state index in [0.29, 0.717) is 17.1 Å². The Hall–Kier alpha value is -2.50. The van der Waals surface area contributed by atoms with Crippen molar-refractivity contribution in [3.05, 3.63) is 46.5 Å². The van der Waals surface area contributed by atoms with Gasteiger partial charge in [0, 0.05) is 24.2 Å². The second-order valence-corrected chi connectivity index (χ2v) is 3.64. The highest BCUT2D eigenvalue weighted by molar-refractivity contribution is 5.62. The number of nitrogens with one attached hydrogen (secondary N) is 1. The van der Waals surface area contributed by atoms with Crippen LogP contribution in [0.4, 0.5) is 11.5 Å². The van der Waals surface area contributed by atoms with Gasteiger partial charge in [-0.2, -0.15) is 0 Å². The summed E-state index contributed by atoms with van der Waals surface area (Å²) in [4.78, 5) is 10.3. The summed E-state index contributed by atoms with van der Waals surface area (Å²) in [6.07, 6.45) is 0. The van der Waals surface area contributed by atoms with Crippen LogP contribution in [0.2, 0.25) is 0 Å². The third kappa shape index (κ3) is 2.60. The van der Waals surface area contributed by atoms with Gasteiger partial charge in [-0.1, -0.05) is 12.1 Å². The number of nitrogens with zero attached hydrogens (tertiary/aromatic N) is 3. The summed E-state index contributed by atoms with van der Waals surface area (Å²) < 4.78 is 0. The van der Waals surface area contributed by atoms with Crippen molar-refractivity contribution in [3.63, 3.8) is 0 Å². The van der Waals surface area contributed by atoms with Gasteiger partial charge in [-0.15, -0.1) is 10.2 Å². The molecule has 0 fully saturated rings. The zero-order valence-electron chi connectivity index (χ0n) is 9.83. The van der Waals surface area contributed by atoms with Crippen molar-refractivity contribution in [2.45, 2.75) is 6.92 Å². The van der Waals surface area contributed by atoms with Gasteiger partial charge in [0.25, 0.3) is 5.69 Å². The maximum Gasteiger partial charge on any atom is 0.270 e. The number of nitro groups is 1. The largest absolute Gasteiger partial charge is 0.369 e. The molecule has 92 valence electrons. The Morgan fingerprint density at radius 1 is 1.28 bits per heavy atom. The van der Waals surface area contributed by atoms with Crippen molar-refractivity contribution >= 4 is 11.5 Å². The van der Waals surface area contributed by atoms with E-state index in [1.165, 1.54) is 12.1 Å². The molecule has 2 aromatic rings. The molecular formula is C12H12N4O2. The highest BCUT2D eigenvalue weighted by Crippen LogP contribution is 2.22. The maximum atomic E-state index is 10.7. The molecular weight excluding hydrogens is 232 g/mol. The molecule has 0 aliphatic rings. The van der Waals surface area contributed by atoms with Gasteiger partial charge in [-0.3, -0.25) is 10.1 Å². The molecule has 0 radical (unpaired) electrons. The van der Waals surface area contributed by atoms with Crippen LogP contribution in [0.15, 0.2) is 36.4 Å². The molecule has 6 heteroatoms. The zero-order valence-corrected chi connectivity index (χ0v) is 9.83. The van der Waals surface area contributed by atoms with E-state index in [9.17, 15) is 10.1 Å². The fourth-order valence-electron chi connectivity index (χ4n) is 1.54. The first-order chi connectivity index (χ1) is 8.70. The molecule has 1 heterocycles. The highest BCUT2D eigenvalue weighted by atomic mass is 16.6. The molecule has 18 heavy (non-hydrogen) atoms. The molecule has 0 spiro atoms. The smallest absolute Gasteiger partial charge is 0.270 e. The second kappa shape index (κ2) is 5.22. The zero-order chi connectivity index (χ0) is 13.0. The second-order valence-electron chi connectivity index (χ2n) is 3.64. The Bertz CT molecular complexity index is 554. The van der Waals surface area contributed by atoms with Crippen molar-refractivity contribution < 1.29 is 4.92 Å². The molecule has 1 aromatic carbocycles. The molecule has 6 nitrogen and oxygen atoms in total. The monoisotopic (exact) mass is 244 g/mol. The van der Waals surface area contributed by atoms with E-state index in [1.54, 1.807) is 24.3 Å². The van der Waals surface area contributed by atoms with E-state index in [0.717, 1.165) is 6.54 Å². The van der Waals surface area contributed by atoms with Crippen LogP contribution < -0.4 is 5.32 Å². The van der Waals surface area contributed by atoms with Crippen molar-refractivity contribution in [2.24, 2.45) is 0 Å². The van der Waals surface area contributed by atoms with E-state index < -0.39 is 4.92 Å². The molecule has 0 atom stereocenters. The standard InChI is InChI=1S/C12H12N4O2/c1-2-13-12-7-6-11(14-15-12)9-4-3-5-10(8-9)16(17)18/h3-8H,2H2,1H3,(H,13,15). The first-order valence-corrected chi connectivity index (χ1v) is 5.53. The molecule has 0 saturated carbocycles. The van der Waals surface area contributed by atoms with Crippen LogP contribution in [0.25, 0.3) is 11.3 Å². The molecule has 2 rings (SSSR count). The predicted molar refractivity (Wildman–Crippen MR) is 68.3 cm³/mol. The van der Waals surface area contributed by atoms with Crippen molar-refractivity contribution in [1.29, 1.82) is 0 Å². The van der Waals surface area contributed by atoms with E-state index in [2.05, 4.69) is 15.5 Å². The molecule has 0 aliphatic heterocycles. The van der Waals surface area contributed by atoms with Gasteiger partial charge >= 0.3 is 0 Å². The number of benzene rings is 1. The average molecular weight is 244 g/mol. The van der Waals surface area contributed by atoms with E-state index in [1.807, 2.05) is 6.92 Å². The minimum atomic E-state index is -0.427. The summed E-state index contributed by atoms with van der Waals surface area (Å²) in [5.74, 6) is 0.687. The van der Waals surface area contributed by atoms with Gasteiger partial charge in [0.2, 0.25) is 0 Å². The van der Waals surface area contributed by atoms with Crippen LogP contribution in [0.3, 0.4) is 0 Å². The van der Waals surface area contributed by atoms with Crippen LogP contribution in [0.5, 0.6) is 0 Å². The van der Waals surface area contributed by atoms with Crippen molar-refractivity contribution in [3.8, 4) is 11.3 Å². The van der Waals surface area contributed by atoms with Gasteiger partial charge in [-0.05, 0) is 19.1 Å². The van der Waals surface area contributed by atoms with Crippen molar-refractivity contribution in [2.75, 3.05) is 11.9 Å². The Morgan fingerprint density at radius 3 is 2.72 bits per heavy atom. The summed E-state index contributed by atoms with van der Waals surface area (Å²) in [7, 11) is 0. The molecule has 1 aromatic heterocycles. The van der Waals surface area contributed by atoms with Gasteiger partial charge in [0.1, 0.15) is 5.82 Å². The third-order valence-electron chi connectivity index (χ3n) is 2.38. The molecule has 0 bridgehead atoms. The van der Waals surface area contributed by atoms with Crippen LogP contribution in [0, 0.1) is 10.1 Å². The van der Waals surface area contributed by atoms with Gasteiger partial charge in [0.05, 0.1) is 10.6 Å². The Balaban J connectivity index is 2.30. The lowest BCUT2D eigenvalue weighted by Gasteiger charge is -2.03. The summed E-state index contributed by atoms with van der Waals surface area (Å²) in [6, 6.07) is 9.91. The lowest BCUT2D eigenvalue weighted by molar-refractivity contribution is -0.384. The van der Waals surface area contributed by atoms with E-state index in [-0.39, 0.29) is 5.69 Å². The van der Waals surface area contributed by atoms with Crippen LogP contribution in [-0.2, 0) is 0 Å². The maximum absolute atomic E-state index is 10.7. The first-order valence-electron chi connectivity index (χ1n) is 5.53. The molecule has 0 saturated heterocycles. The van der Waals surface area contributed by atoms with Crippen LogP contribution >= 0.6 is 0 Å². The van der Waals surface area contributed by atoms with E-state index in [4.69, 9.17) is 0 Å². The summed E-state index contributed by atoms with van der Waals surface area (Å²) in [5, 5.41) is 21.7. The van der Waals surface area contributed by atoms with Crippen LogP contribution in [0.1, 0.15) is 6.92 Å². The topological polar surface area (TPSA) is 81.0 Å². The van der Waals surface area contributed by atoms with Gasteiger partial charge in [0.15, 0.2) is 0 Å². The molecule has 0 unspecified atom stereocenters. The Kier molecular flexibility index (Phi) is 3.47. The lowest BCUT2D eigenvalue weighted by atomic mass is 10.1. The normalized spacial score (nSPS) is 10.1. The van der Waals surface area contributed by atoms with Crippen molar-refractivity contribution in [1.82, 2.24) is 10.2 Å². The number of rotatable bonds is 4. The van der Waals surface area contributed by atoms with E-state index >= 15 is 0 Å². The number of nitro benzene ring substituents is 1. The quantitative estimate of drug-likeness (QED) is 0.660. The highest BCUT2D eigenvalue weighted by Gasteiger charge is 2.08.